The zero-order valence-corrected chi connectivity index (χ0v) is 25.3. The van der Waals surface area contributed by atoms with Crippen molar-refractivity contribution >= 4 is 29.0 Å². The highest BCUT2D eigenvalue weighted by atomic mass is 32.2. The lowest BCUT2D eigenvalue weighted by Crippen LogP contribution is -2.29. The molecule has 0 saturated carbocycles. The molecule has 0 aliphatic rings. The van der Waals surface area contributed by atoms with Gasteiger partial charge in [0.05, 0.1) is 32.8 Å². The van der Waals surface area contributed by atoms with Gasteiger partial charge >= 0.3 is 0 Å². The van der Waals surface area contributed by atoms with Gasteiger partial charge in [0.15, 0.2) is 22.5 Å². The predicted molar refractivity (Wildman–Crippen MR) is 163 cm³/mol. The SMILES string of the molecule is COc1ccc(CCN(C)C(=O)c2csc(CSc3nnc(-c4cccnc4)n3-c3ccccc3OC)n2)cc1OC. The lowest BCUT2D eigenvalue weighted by molar-refractivity contribution is 0.0791. The Bertz CT molecular complexity index is 1660. The molecule has 1 amide bonds. The average molecular weight is 603 g/mol. The minimum absolute atomic E-state index is 0.126. The molecular weight excluding hydrogens is 573 g/mol. The number of pyridine rings is 1. The van der Waals surface area contributed by atoms with Crippen molar-refractivity contribution in [2.75, 3.05) is 34.9 Å². The maximum Gasteiger partial charge on any atom is 0.273 e. The molecule has 216 valence electrons. The van der Waals surface area contributed by atoms with Crippen LogP contribution >= 0.6 is 23.1 Å². The van der Waals surface area contributed by atoms with E-state index in [1.807, 2.05) is 59.2 Å². The first-order valence-corrected chi connectivity index (χ1v) is 14.9. The molecule has 2 aromatic carbocycles. The van der Waals surface area contributed by atoms with Crippen LogP contribution in [-0.2, 0) is 12.2 Å². The van der Waals surface area contributed by atoms with Gasteiger partial charge in [0.1, 0.15) is 16.5 Å². The van der Waals surface area contributed by atoms with Gasteiger partial charge in [-0.3, -0.25) is 14.3 Å². The third-order valence-corrected chi connectivity index (χ3v) is 8.48. The van der Waals surface area contributed by atoms with Crippen molar-refractivity contribution in [3.8, 4) is 34.3 Å². The maximum atomic E-state index is 13.1. The van der Waals surface area contributed by atoms with Crippen molar-refractivity contribution < 1.29 is 19.0 Å². The number of nitrogens with zero attached hydrogens (tertiary/aromatic N) is 6. The van der Waals surface area contributed by atoms with Gasteiger partial charge in [-0.15, -0.1) is 21.5 Å². The topological polar surface area (TPSA) is 104 Å². The van der Waals surface area contributed by atoms with E-state index in [-0.39, 0.29) is 5.91 Å². The molecule has 3 heterocycles. The van der Waals surface area contributed by atoms with E-state index in [0.717, 1.165) is 21.8 Å². The minimum Gasteiger partial charge on any atom is -0.495 e. The lowest BCUT2D eigenvalue weighted by Gasteiger charge is -2.16. The highest BCUT2D eigenvalue weighted by Gasteiger charge is 2.21. The molecule has 0 aliphatic heterocycles. The predicted octanol–water partition coefficient (Wildman–Crippen LogP) is 5.42. The fourth-order valence-corrected chi connectivity index (χ4v) is 6.04. The fourth-order valence-electron chi connectivity index (χ4n) is 4.31. The van der Waals surface area contributed by atoms with Crippen molar-refractivity contribution in [2.45, 2.75) is 17.3 Å². The molecule has 0 unspecified atom stereocenters. The third kappa shape index (κ3) is 6.39. The van der Waals surface area contributed by atoms with Crippen LogP contribution in [0, 0.1) is 0 Å². The van der Waals surface area contributed by atoms with E-state index in [4.69, 9.17) is 14.2 Å². The summed E-state index contributed by atoms with van der Waals surface area (Å²) in [4.78, 5) is 23.7. The second-order valence-electron chi connectivity index (χ2n) is 9.14. The van der Waals surface area contributed by atoms with E-state index >= 15 is 0 Å². The number of benzene rings is 2. The van der Waals surface area contributed by atoms with Crippen molar-refractivity contribution in [3.63, 3.8) is 0 Å². The van der Waals surface area contributed by atoms with Crippen molar-refractivity contribution in [3.05, 3.63) is 88.6 Å². The first kappa shape index (κ1) is 29.1. The highest BCUT2D eigenvalue weighted by molar-refractivity contribution is 7.98. The number of para-hydroxylation sites is 2. The Balaban J connectivity index is 1.28. The molecule has 0 fully saturated rings. The van der Waals surface area contributed by atoms with Gasteiger partial charge in [0.25, 0.3) is 5.91 Å². The number of likely N-dealkylation sites (N-methyl/N-ethyl adjacent to an activating group) is 1. The number of carbonyl (C=O) groups is 1. The van der Waals surface area contributed by atoms with Crippen molar-refractivity contribution in [2.24, 2.45) is 0 Å². The number of hydrogen-bond acceptors (Lipinski definition) is 10. The summed E-state index contributed by atoms with van der Waals surface area (Å²) >= 11 is 2.94. The molecule has 10 nitrogen and oxygen atoms in total. The van der Waals surface area contributed by atoms with Crippen LogP contribution in [0.15, 0.2) is 77.5 Å². The summed E-state index contributed by atoms with van der Waals surface area (Å²) in [5.41, 5.74) is 3.12. The molecule has 3 aromatic heterocycles. The minimum atomic E-state index is -0.126. The highest BCUT2D eigenvalue weighted by Crippen LogP contribution is 2.34. The molecule has 0 bridgehead atoms. The molecule has 0 N–H and O–H groups in total. The van der Waals surface area contributed by atoms with E-state index in [0.29, 0.717) is 52.6 Å². The van der Waals surface area contributed by atoms with Crippen LogP contribution in [0.1, 0.15) is 21.1 Å². The van der Waals surface area contributed by atoms with E-state index < -0.39 is 0 Å². The Labute approximate surface area is 252 Å². The second kappa shape index (κ2) is 13.5. The number of thiazole rings is 1. The van der Waals surface area contributed by atoms with Crippen molar-refractivity contribution in [1.82, 2.24) is 29.6 Å². The molecule has 12 heteroatoms. The average Bonchev–Trinajstić information content (AvgIpc) is 3.70. The molecule has 5 aromatic rings. The zero-order chi connectivity index (χ0) is 29.5. The first-order chi connectivity index (χ1) is 20.5. The van der Waals surface area contributed by atoms with E-state index in [1.165, 1.54) is 23.1 Å². The molecule has 0 radical (unpaired) electrons. The number of ether oxygens (including phenoxy) is 3. The number of hydrogen-bond donors (Lipinski definition) is 0. The molecule has 0 saturated heterocycles. The Morgan fingerprint density at radius 3 is 2.55 bits per heavy atom. The second-order valence-corrected chi connectivity index (χ2v) is 11.0. The van der Waals surface area contributed by atoms with Crippen molar-refractivity contribution in [1.29, 1.82) is 0 Å². The van der Waals surface area contributed by atoms with Crippen LogP contribution in [0.25, 0.3) is 17.1 Å². The molecular formula is C30H30N6O4S2. The van der Waals surface area contributed by atoms with Gasteiger partial charge in [-0.1, -0.05) is 30.0 Å². The summed E-state index contributed by atoms with van der Waals surface area (Å²) in [7, 11) is 6.64. The Morgan fingerprint density at radius 2 is 1.79 bits per heavy atom. The Kier molecular flexibility index (Phi) is 9.35. The number of rotatable bonds is 12. The van der Waals surface area contributed by atoms with E-state index in [1.54, 1.807) is 51.1 Å². The quantitative estimate of drug-likeness (QED) is 0.173. The standard InChI is InChI=1S/C30H30N6O4S2/c1-35(15-13-20-11-12-25(39-3)26(16-20)40-4)29(37)22-18-41-27(32-22)19-42-30-34-33-28(21-8-7-14-31-17-21)36(30)23-9-5-6-10-24(23)38-2/h5-12,14,16-18H,13,15,19H2,1-4H3. The summed E-state index contributed by atoms with van der Waals surface area (Å²) < 4.78 is 18.3. The molecule has 0 aliphatic carbocycles. The Hall–Kier alpha value is -4.42. The number of methoxy groups -OCH3 is 3. The summed E-state index contributed by atoms with van der Waals surface area (Å²) in [6.07, 6.45) is 4.15. The smallest absolute Gasteiger partial charge is 0.273 e. The molecule has 0 atom stereocenters. The number of aromatic nitrogens is 5. The summed E-state index contributed by atoms with van der Waals surface area (Å²) in [6, 6.07) is 17.3. The number of thioether (sulfide) groups is 1. The van der Waals surface area contributed by atoms with E-state index in [2.05, 4.69) is 20.2 Å². The lowest BCUT2D eigenvalue weighted by atomic mass is 10.1. The summed E-state index contributed by atoms with van der Waals surface area (Å²) in [6.45, 7) is 0.537. The first-order valence-electron chi connectivity index (χ1n) is 13.0. The van der Waals surface area contributed by atoms with Crippen LogP contribution in [0.5, 0.6) is 17.2 Å². The van der Waals surface area contributed by atoms with Gasteiger partial charge in [0.2, 0.25) is 0 Å². The van der Waals surface area contributed by atoms with Crippen LogP contribution in [0.2, 0.25) is 0 Å². The maximum absolute atomic E-state index is 13.1. The van der Waals surface area contributed by atoms with Gasteiger partial charge in [-0.05, 0) is 48.4 Å². The summed E-state index contributed by atoms with van der Waals surface area (Å²) in [5.74, 6) is 3.09. The summed E-state index contributed by atoms with van der Waals surface area (Å²) in [5, 5.41) is 12.3. The largest absolute Gasteiger partial charge is 0.495 e. The van der Waals surface area contributed by atoms with E-state index in [9.17, 15) is 4.79 Å². The van der Waals surface area contributed by atoms with Crippen LogP contribution in [0.4, 0.5) is 0 Å². The molecule has 0 spiro atoms. The van der Waals surface area contributed by atoms with Gasteiger partial charge < -0.3 is 19.1 Å². The molecule has 5 rings (SSSR count). The number of carbonyl (C=O) groups excluding carboxylic acids is 1. The number of amides is 1. The van der Waals surface area contributed by atoms with Gasteiger partial charge in [-0.2, -0.15) is 0 Å². The zero-order valence-electron chi connectivity index (χ0n) is 23.7. The van der Waals surface area contributed by atoms with Crippen LogP contribution < -0.4 is 14.2 Å². The molecule has 42 heavy (non-hydrogen) atoms. The van der Waals surface area contributed by atoms with Crippen LogP contribution in [-0.4, -0.2) is 70.5 Å². The monoisotopic (exact) mass is 602 g/mol. The van der Waals surface area contributed by atoms with Crippen LogP contribution in [0.3, 0.4) is 0 Å². The van der Waals surface area contributed by atoms with Gasteiger partial charge in [-0.25, -0.2) is 4.98 Å². The Morgan fingerprint density at radius 1 is 0.976 bits per heavy atom. The third-order valence-electron chi connectivity index (χ3n) is 6.51. The fraction of sp³-hybridized carbons (Fsp3) is 0.233. The van der Waals surface area contributed by atoms with Gasteiger partial charge in [0, 0.05) is 36.9 Å². The normalized spacial score (nSPS) is 10.9.